The Kier molecular flexibility index (Phi) is 13.1. The smallest absolute Gasteiger partial charge is 0.238 e. The van der Waals surface area contributed by atoms with Crippen LogP contribution >= 0.6 is 11.3 Å². The highest BCUT2D eigenvalue weighted by Gasteiger charge is 2.10. The van der Waals surface area contributed by atoms with Crippen molar-refractivity contribution in [2.75, 3.05) is 52.2 Å². The second-order valence-electron chi connectivity index (χ2n) is 9.38. The van der Waals surface area contributed by atoms with E-state index in [0.29, 0.717) is 34.6 Å². The van der Waals surface area contributed by atoms with Gasteiger partial charge in [-0.15, -0.1) is 0 Å². The van der Waals surface area contributed by atoms with Gasteiger partial charge in [-0.05, 0) is 18.1 Å². The molecule has 212 valence electrons. The number of nitrogens with two attached hydrogens (primary N) is 2. The molecule has 5 rings (SSSR count). The second kappa shape index (κ2) is 16.8. The molecular weight excluding hydrogens is 514 g/mol. The predicted octanol–water partition coefficient (Wildman–Crippen LogP) is 4.36. The van der Waals surface area contributed by atoms with Crippen molar-refractivity contribution in [1.29, 1.82) is 0 Å². The highest BCUT2D eigenvalue weighted by Crippen LogP contribution is 2.29. The average molecular weight is 556 g/mol. The van der Waals surface area contributed by atoms with Crippen LogP contribution in [-0.4, -0.2) is 77.7 Å². The van der Waals surface area contributed by atoms with Crippen molar-refractivity contribution in [3.8, 4) is 11.6 Å². The Hall–Kier alpha value is -3.12. The topological polar surface area (TPSA) is 145 Å². The summed E-state index contributed by atoms with van der Waals surface area (Å²) in [5, 5.41) is 7.52. The third kappa shape index (κ3) is 10.2. The summed E-state index contributed by atoms with van der Waals surface area (Å²) in [7, 11) is 1.00. The summed E-state index contributed by atoms with van der Waals surface area (Å²) < 4.78 is 12.2. The molecule has 3 aromatic rings. The van der Waals surface area contributed by atoms with E-state index in [1.165, 1.54) is 49.6 Å². The molecule has 3 heterocycles. The largest absolute Gasteiger partial charge is 0.437 e. The molecule has 0 radical (unpaired) electrons. The normalized spacial score (nSPS) is 16.8. The molecule has 2 fully saturated rings. The standard InChI is InChI=1S/C20H23N7O2S.C7H14.CH4O/c21-10-14(11-23-3-4-27-5-7-28-8-6-27)17-12-24-13-19(25-17)29-15-1-2-16-18(9-15)30-20(22)26-16;1-7-5-3-2-4-6-7;1-2/h1-2,9-13H,3-8,21H2,(H2,22,26);7H,2-6H2,1H3;2H,1H3/b14-10+,23-11?;;. The first-order chi connectivity index (χ1) is 19.1. The van der Waals surface area contributed by atoms with E-state index < -0.39 is 0 Å². The number of rotatable bonds is 7. The minimum Gasteiger partial charge on any atom is -0.437 e. The van der Waals surface area contributed by atoms with E-state index in [2.05, 4.69) is 31.8 Å². The fourth-order valence-corrected chi connectivity index (χ4v) is 5.09. The fourth-order valence-electron chi connectivity index (χ4n) is 4.33. The van der Waals surface area contributed by atoms with Gasteiger partial charge in [0.15, 0.2) is 5.13 Å². The molecule has 0 amide bonds. The monoisotopic (exact) mass is 555 g/mol. The van der Waals surface area contributed by atoms with Crippen molar-refractivity contribution < 1.29 is 14.6 Å². The lowest BCUT2D eigenvalue weighted by Gasteiger charge is -2.25. The Bertz CT molecular complexity index is 1190. The van der Waals surface area contributed by atoms with Gasteiger partial charge in [0, 0.05) is 50.8 Å². The van der Waals surface area contributed by atoms with Gasteiger partial charge in [-0.25, -0.2) is 9.97 Å². The number of aliphatic hydroxyl groups is 1. The van der Waals surface area contributed by atoms with Crippen molar-refractivity contribution >= 4 is 38.5 Å². The van der Waals surface area contributed by atoms with Crippen LogP contribution in [0.2, 0.25) is 0 Å². The lowest BCUT2D eigenvalue weighted by molar-refractivity contribution is 0.0395. The number of nitrogens with zero attached hydrogens (tertiary/aromatic N) is 5. The van der Waals surface area contributed by atoms with Gasteiger partial charge in [-0.1, -0.05) is 50.4 Å². The Morgan fingerprint density at radius 3 is 2.64 bits per heavy atom. The van der Waals surface area contributed by atoms with Gasteiger partial charge < -0.3 is 26.0 Å². The third-order valence-electron chi connectivity index (χ3n) is 6.46. The van der Waals surface area contributed by atoms with Crippen LogP contribution in [0.3, 0.4) is 0 Å². The molecule has 2 aromatic heterocycles. The molecule has 0 bridgehead atoms. The molecule has 11 heteroatoms. The van der Waals surface area contributed by atoms with Crippen LogP contribution in [0, 0.1) is 5.92 Å². The molecule has 0 atom stereocenters. The van der Waals surface area contributed by atoms with Crippen molar-refractivity contribution in [2.45, 2.75) is 39.0 Å². The zero-order chi connectivity index (χ0) is 27.9. The number of aliphatic hydroxyl groups excluding tert-OH is 1. The van der Waals surface area contributed by atoms with E-state index >= 15 is 0 Å². The number of thiazole rings is 1. The van der Waals surface area contributed by atoms with E-state index in [-0.39, 0.29) is 0 Å². The van der Waals surface area contributed by atoms with Crippen LogP contribution in [0.25, 0.3) is 15.8 Å². The summed E-state index contributed by atoms with van der Waals surface area (Å²) in [5.74, 6) is 2.04. The van der Waals surface area contributed by atoms with E-state index in [1.54, 1.807) is 18.6 Å². The number of nitrogen functional groups attached to an aromatic ring is 1. The van der Waals surface area contributed by atoms with Gasteiger partial charge in [-0.2, -0.15) is 0 Å². The van der Waals surface area contributed by atoms with E-state index in [0.717, 1.165) is 56.1 Å². The quantitative estimate of drug-likeness (QED) is 0.362. The molecule has 1 saturated heterocycles. The fraction of sp³-hybridized carbons (Fsp3) is 0.500. The van der Waals surface area contributed by atoms with Gasteiger partial charge in [-0.3, -0.25) is 14.9 Å². The number of aliphatic imine (C=N–C) groups is 1. The molecule has 1 aliphatic heterocycles. The van der Waals surface area contributed by atoms with E-state index in [9.17, 15) is 0 Å². The number of ether oxygens (including phenoxy) is 2. The first kappa shape index (κ1) is 30.4. The van der Waals surface area contributed by atoms with Crippen molar-refractivity contribution in [3.05, 3.63) is 42.5 Å². The number of hydrogen-bond acceptors (Lipinski definition) is 11. The maximum atomic E-state index is 7.00. The number of morpholine rings is 1. The Morgan fingerprint density at radius 2 is 1.95 bits per heavy atom. The molecule has 10 nitrogen and oxygen atoms in total. The lowest BCUT2D eigenvalue weighted by Crippen LogP contribution is -2.37. The van der Waals surface area contributed by atoms with Crippen molar-refractivity contribution in [2.24, 2.45) is 16.6 Å². The summed E-state index contributed by atoms with van der Waals surface area (Å²) in [4.78, 5) is 19.8. The molecule has 0 unspecified atom stereocenters. The molecule has 1 aliphatic carbocycles. The third-order valence-corrected chi connectivity index (χ3v) is 7.31. The summed E-state index contributed by atoms with van der Waals surface area (Å²) in [5.41, 5.74) is 13.7. The Morgan fingerprint density at radius 1 is 1.18 bits per heavy atom. The van der Waals surface area contributed by atoms with Crippen LogP contribution in [0.5, 0.6) is 11.6 Å². The van der Waals surface area contributed by atoms with Crippen LogP contribution in [0.15, 0.2) is 41.8 Å². The lowest BCUT2D eigenvalue weighted by atomic mass is 9.91. The Balaban J connectivity index is 0.000000401. The van der Waals surface area contributed by atoms with Crippen LogP contribution in [-0.2, 0) is 4.74 Å². The van der Waals surface area contributed by atoms with E-state index in [1.807, 2.05) is 18.2 Å². The molecule has 2 aliphatic rings. The number of anilines is 1. The zero-order valence-corrected chi connectivity index (χ0v) is 23.8. The maximum Gasteiger partial charge on any atom is 0.238 e. The predicted molar refractivity (Wildman–Crippen MR) is 159 cm³/mol. The SMILES string of the molecule is CC1CCCCC1.CO.N/C=C(\C=NCCN1CCOCC1)c1cncc(Oc2ccc3nc(N)sc3c2)n1. The van der Waals surface area contributed by atoms with Gasteiger partial charge >= 0.3 is 0 Å². The van der Waals surface area contributed by atoms with Crippen LogP contribution in [0.4, 0.5) is 5.13 Å². The first-order valence-electron chi connectivity index (χ1n) is 13.4. The molecular formula is C28H41N7O3S. The summed E-state index contributed by atoms with van der Waals surface area (Å²) in [6.45, 7) is 7.38. The van der Waals surface area contributed by atoms with Gasteiger partial charge in [0.05, 0.1) is 48.1 Å². The highest BCUT2D eigenvalue weighted by molar-refractivity contribution is 7.22. The summed E-state index contributed by atoms with van der Waals surface area (Å²) >= 11 is 1.41. The molecule has 1 saturated carbocycles. The first-order valence-corrected chi connectivity index (χ1v) is 14.3. The van der Waals surface area contributed by atoms with Gasteiger partial charge in [0.2, 0.25) is 5.88 Å². The number of hydrogen-bond donors (Lipinski definition) is 3. The highest BCUT2D eigenvalue weighted by atomic mass is 32.1. The summed E-state index contributed by atoms with van der Waals surface area (Å²) in [6.07, 6.45) is 13.8. The number of aromatic nitrogens is 3. The second-order valence-corrected chi connectivity index (χ2v) is 10.4. The molecule has 0 spiro atoms. The molecule has 5 N–H and O–H groups in total. The van der Waals surface area contributed by atoms with E-state index in [4.69, 9.17) is 26.0 Å². The number of benzene rings is 1. The zero-order valence-electron chi connectivity index (χ0n) is 23.0. The molecule has 39 heavy (non-hydrogen) atoms. The van der Waals surface area contributed by atoms with Gasteiger partial charge in [0.25, 0.3) is 0 Å². The van der Waals surface area contributed by atoms with Crippen molar-refractivity contribution in [1.82, 2.24) is 19.9 Å². The van der Waals surface area contributed by atoms with Crippen LogP contribution in [0.1, 0.15) is 44.7 Å². The van der Waals surface area contributed by atoms with Crippen LogP contribution < -0.4 is 16.2 Å². The Labute approximate surface area is 234 Å². The van der Waals surface area contributed by atoms with Crippen molar-refractivity contribution in [3.63, 3.8) is 0 Å². The minimum absolute atomic E-state index is 0.366. The minimum atomic E-state index is 0.366. The van der Waals surface area contributed by atoms with Gasteiger partial charge in [0.1, 0.15) is 5.75 Å². The molecule has 1 aromatic carbocycles. The average Bonchev–Trinajstić information content (AvgIpc) is 3.35. The number of allylic oxidation sites excluding steroid dienone is 1. The number of fused-ring (bicyclic) bond motifs is 1. The maximum absolute atomic E-state index is 7.00. The summed E-state index contributed by atoms with van der Waals surface area (Å²) in [6, 6.07) is 5.56.